The second kappa shape index (κ2) is 5.07. The predicted octanol–water partition coefficient (Wildman–Crippen LogP) is 1.91. The SMILES string of the molecule is CC1CN(C(=O)c2c[nH]c3cc(N)ccc23)CC(C)N1C. The van der Waals surface area contributed by atoms with Crippen molar-refractivity contribution in [1.29, 1.82) is 0 Å². The van der Waals surface area contributed by atoms with Crippen LogP contribution in [0, 0.1) is 0 Å². The number of likely N-dealkylation sites (N-methyl/N-ethyl adjacent to an activating group) is 1. The highest BCUT2D eigenvalue weighted by molar-refractivity contribution is 6.07. The number of benzene rings is 1. The van der Waals surface area contributed by atoms with Gasteiger partial charge < -0.3 is 15.6 Å². The number of carbonyl (C=O) groups is 1. The number of aromatic amines is 1. The molecule has 5 heteroatoms. The third-order valence-electron chi connectivity index (χ3n) is 4.58. The van der Waals surface area contributed by atoms with Gasteiger partial charge in [0.1, 0.15) is 0 Å². The van der Waals surface area contributed by atoms with E-state index in [1.807, 2.05) is 23.1 Å². The number of nitrogens with two attached hydrogens (primary N) is 1. The van der Waals surface area contributed by atoms with Gasteiger partial charge in [-0.2, -0.15) is 0 Å². The minimum Gasteiger partial charge on any atom is -0.399 e. The molecule has 1 aliphatic heterocycles. The topological polar surface area (TPSA) is 65.4 Å². The molecule has 2 heterocycles. The summed E-state index contributed by atoms with van der Waals surface area (Å²) in [5, 5.41) is 0.938. The molecule has 1 aliphatic rings. The van der Waals surface area contributed by atoms with Crippen molar-refractivity contribution < 1.29 is 4.79 Å². The number of nitrogens with zero attached hydrogens (tertiary/aromatic N) is 2. The first-order valence-corrected chi connectivity index (χ1v) is 7.35. The molecule has 21 heavy (non-hydrogen) atoms. The number of rotatable bonds is 1. The Morgan fingerprint density at radius 1 is 1.29 bits per heavy atom. The first kappa shape index (κ1) is 13.9. The molecule has 2 atom stereocenters. The third kappa shape index (κ3) is 2.38. The van der Waals surface area contributed by atoms with E-state index in [1.54, 1.807) is 6.20 Å². The maximum absolute atomic E-state index is 12.8. The van der Waals surface area contributed by atoms with Crippen molar-refractivity contribution in [2.75, 3.05) is 25.9 Å². The number of carbonyl (C=O) groups excluding carboxylic acids is 1. The number of nitrogen functional groups attached to an aromatic ring is 1. The summed E-state index contributed by atoms with van der Waals surface area (Å²) >= 11 is 0. The molecule has 0 saturated carbocycles. The van der Waals surface area contributed by atoms with Crippen LogP contribution < -0.4 is 5.73 Å². The zero-order valence-electron chi connectivity index (χ0n) is 12.8. The van der Waals surface area contributed by atoms with Gasteiger partial charge in [-0.1, -0.05) is 0 Å². The minimum absolute atomic E-state index is 0.0952. The monoisotopic (exact) mass is 286 g/mol. The van der Waals surface area contributed by atoms with Gasteiger partial charge in [0.2, 0.25) is 0 Å². The maximum atomic E-state index is 12.8. The molecule has 1 aromatic carbocycles. The van der Waals surface area contributed by atoms with Crippen LogP contribution >= 0.6 is 0 Å². The van der Waals surface area contributed by atoms with Crippen molar-refractivity contribution in [3.8, 4) is 0 Å². The molecule has 0 aliphatic carbocycles. The molecule has 1 aromatic heterocycles. The van der Waals surface area contributed by atoms with Crippen molar-refractivity contribution >= 4 is 22.5 Å². The van der Waals surface area contributed by atoms with Gasteiger partial charge in [-0.15, -0.1) is 0 Å². The number of hydrogen-bond acceptors (Lipinski definition) is 3. The van der Waals surface area contributed by atoms with E-state index >= 15 is 0 Å². The lowest BCUT2D eigenvalue weighted by Crippen LogP contribution is -2.56. The molecule has 5 nitrogen and oxygen atoms in total. The summed E-state index contributed by atoms with van der Waals surface area (Å²) in [7, 11) is 2.12. The Hall–Kier alpha value is -2.01. The van der Waals surface area contributed by atoms with E-state index < -0.39 is 0 Å². The first-order chi connectivity index (χ1) is 9.97. The molecule has 112 valence electrons. The van der Waals surface area contributed by atoms with E-state index in [0.29, 0.717) is 17.8 Å². The summed E-state index contributed by atoms with van der Waals surface area (Å²) in [6, 6.07) is 6.36. The zero-order valence-corrected chi connectivity index (χ0v) is 12.8. The number of aromatic nitrogens is 1. The second-order valence-electron chi connectivity index (χ2n) is 6.08. The van der Waals surface area contributed by atoms with Crippen molar-refractivity contribution in [3.05, 3.63) is 30.0 Å². The van der Waals surface area contributed by atoms with Crippen molar-refractivity contribution in [2.24, 2.45) is 0 Å². The van der Waals surface area contributed by atoms with Gasteiger partial charge in [0.05, 0.1) is 5.56 Å². The predicted molar refractivity (Wildman–Crippen MR) is 85.3 cm³/mol. The lowest BCUT2D eigenvalue weighted by Gasteiger charge is -2.42. The lowest BCUT2D eigenvalue weighted by molar-refractivity contribution is 0.0416. The minimum atomic E-state index is 0.0952. The smallest absolute Gasteiger partial charge is 0.256 e. The molecule has 1 fully saturated rings. The number of H-pyrrole nitrogens is 1. The summed E-state index contributed by atoms with van der Waals surface area (Å²) in [4.78, 5) is 20.2. The summed E-state index contributed by atoms with van der Waals surface area (Å²) in [6.07, 6.45) is 1.79. The summed E-state index contributed by atoms with van der Waals surface area (Å²) in [5.74, 6) is 0.0952. The van der Waals surface area contributed by atoms with E-state index in [9.17, 15) is 4.79 Å². The molecule has 1 amide bonds. The molecule has 1 saturated heterocycles. The Bertz CT molecular complexity index is 666. The Morgan fingerprint density at radius 3 is 2.62 bits per heavy atom. The van der Waals surface area contributed by atoms with E-state index in [4.69, 9.17) is 5.73 Å². The Balaban J connectivity index is 1.90. The summed E-state index contributed by atoms with van der Waals surface area (Å²) in [6.45, 7) is 5.85. The maximum Gasteiger partial charge on any atom is 0.256 e. The lowest BCUT2D eigenvalue weighted by atomic mass is 10.1. The average molecular weight is 286 g/mol. The van der Waals surface area contributed by atoms with E-state index in [0.717, 1.165) is 29.6 Å². The van der Waals surface area contributed by atoms with Gasteiger partial charge in [0.15, 0.2) is 0 Å². The fourth-order valence-electron chi connectivity index (χ4n) is 3.06. The number of hydrogen-bond donors (Lipinski definition) is 2. The quantitative estimate of drug-likeness (QED) is 0.787. The Morgan fingerprint density at radius 2 is 1.95 bits per heavy atom. The number of anilines is 1. The van der Waals surface area contributed by atoms with Crippen LogP contribution in [0.15, 0.2) is 24.4 Å². The van der Waals surface area contributed by atoms with Gasteiger partial charge in [-0.3, -0.25) is 9.69 Å². The van der Waals surface area contributed by atoms with Crippen LogP contribution in [-0.4, -0.2) is 52.9 Å². The van der Waals surface area contributed by atoms with Gasteiger partial charge >= 0.3 is 0 Å². The highest BCUT2D eigenvalue weighted by atomic mass is 16.2. The highest BCUT2D eigenvalue weighted by Gasteiger charge is 2.30. The highest BCUT2D eigenvalue weighted by Crippen LogP contribution is 2.23. The molecular formula is C16H22N4O. The fraction of sp³-hybridized carbons (Fsp3) is 0.438. The molecule has 3 rings (SSSR count). The largest absolute Gasteiger partial charge is 0.399 e. The fourth-order valence-corrected chi connectivity index (χ4v) is 3.06. The van der Waals surface area contributed by atoms with Crippen LogP contribution in [0.3, 0.4) is 0 Å². The molecule has 0 spiro atoms. The van der Waals surface area contributed by atoms with Crippen LogP contribution in [0.4, 0.5) is 5.69 Å². The van der Waals surface area contributed by atoms with Crippen molar-refractivity contribution in [1.82, 2.24) is 14.8 Å². The van der Waals surface area contributed by atoms with Gasteiger partial charge in [0.25, 0.3) is 5.91 Å². The van der Waals surface area contributed by atoms with Gasteiger partial charge in [-0.25, -0.2) is 0 Å². The number of fused-ring (bicyclic) bond motifs is 1. The van der Waals surface area contributed by atoms with Crippen LogP contribution in [0.25, 0.3) is 10.9 Å². The van der Waals surface area contributed by atoms with E-state index in [-0.39, 0.29) is 5.91 Å². The first-order valence-electron chi connectivity index (χ1n) is 7.35. The molecule has 0 radical (unpaired) electrons. The van der Waals surface area contributed by atoms with Gasteiger partial charge in [0, 0.05) is 48.0 Å². The number of amides is 1. The number of piperazine rings is 1. The number of nitrogens with one attached hydrogen (secondary N) is 1. The molecule has 0 bridgehead atoms. The summed E-state index contributed by atoms with van der Waals surface area (Å²) < 4.78 is 0. The van der Waals surface area contributed by atoms with Crippen LogP contribution in [0.1, 0.15) is 24.2 Å². The Kier molecular flexibility index (Phi) is 3.37. The molecular weight excluding hydrogens is 264 g/mol. The normalized spacial score (nSPS) is 23.7. The van der Waals surface area contributed by atoms with E-state index in [2.05, 4.69) is 30.8 Å². The summed E-state index contributed by atoms with van der Waals surface area (Å²) in [5.41, 5.74) is 8.12. The van der Waals surface area contributed by atoms with Crippen LogP contribution in [0.2, 0.25) is 0 Å². The molecule has 2 aromatic rings. The molecule has 3 N–H and O–H groups in total. The zero-order chi connectivity index (χ0) is 15.1. The third-order valence-corrected chi connectivity index (χ3v) is 4.58. The van der Waals surface area contributed by atoms with E-state index in [1.165, 1.54) is 0 Å². The average Bonchev–Trinajstić information content (AvgIpc) is 2.86. The molecule has 2 unspecified atom stereocenters. The van der Waals surface area contributed by atoms with Crippen LogP contribution in [0.5, 0.6) is 0 Å². The standard InChI is InChI=1S/C16H22N4O/c1-10-8-20(9-11(2)19(10)3)16(21)14-7-18-15-6-12(17)4-5-13(14)15/h4-7,10-11,18H,8-9,17H2,1-3H3. The second-order valence-corrected chi connectivity index (χ2v) is 6.08. The van der Waals surface area contributed by atoms with Crippen molar-refractivity contribution in [2.45, 2.75) is 25.9 Å². The van der Waals surface area contributed by atoms with Crippen molar-refractivity contribution in [3.63, 3.8) is 0 Å². The van der Waals surface area contributed by atoms with Gasteiger partial charge in [-0.05, 0) is 39.1 Å². The Labute approximate surface area is 124 Å². The van der Waals surface area contributed by atoms with Crippen LogP contribution in [-0.2, 0) is 0 Å².